The average molecular weight is 209 g/mol. The summed E-state index contributed by atoms with van der Waals surface area (Å²) in [7, 11) is 1.60. The molecule has 0 saturated heterocycles. The van der Waals surface area contributed by atoms with Crippen molar-refractivity contribution in [1.82, 2.24) is 0 Å². The lowest BCUT2D eigenvalue weighted by atomic mass is 10.1. The highest BCUT2D eigenvalue weighted by Gasteiger charge is 2.10. The van der Waals surface area contributed by atoms with Gasteiger partial charge >= 0.3 is 5.97 Å². The van der Waals surface area contributed by atoms with Gasteiger partial charge in [-0.2, -0.15) is 0 Å². The van der Waals surface area contributed by atoms with Crippen LogP contribution in [0.25, 0.3) is 0 Å². The number of aryl methyl sites for hydroxylation is 1. The predicted octanol–water partition coefficient (Wildman–Crippen LogP) is 1.04. The second-order valence-corrected chi connectivity index (χ2v) is 3.33. The number of nitrogens with two attached hydrogens (primary N) is 1. The zero-order valence-corrected chi connectivity index (χ0v) is 8.64. The Bertz CT molecular complexity index is 338. The molecule has 1 rings (SSSR count). The fourth-order valence-electron chi connectivity index (χ4n) is 1.27. The van der Waals surface area contributed by atoms with Crippen LogP contribution in [0.4, 0.5) is 0 Å². The number of benzene rings is 1. The molecule has 0 radical (unpaired) electrons. The number of methoxy groups -OCH3 is 1. The minimum atomic E-state index is -0.960. The molecule has 0 aliphatic carbocycles. The van der Waals surface area contributed by atoms with E-state index in [0.29, 0.717) is 12.8 Å². The van der Waals surface area contributed by atoms with Gasteiger partial charge in [0.05, 0.1) is 7.11 Å². The standard InChI is InChI=1S/C11H15NO3/c1-15-9-4-2-3-8(7-9)5-6-10(12)11(13)14/h2-4,7,10H,5-6,12H2,1H3,(H,13,14)/t10-/m0/s1. The maximum absolute atomic E-state index is 10.5. The van der Waals surface area contributed by atoms with Gasteiger partial charge in [-0.25, -0.2) is 0 Å². The molecule has 0 amide bonds. The topological polar surface area (TPSA) is 72.5 Å². The second-order valence-electron chi connectivity index (χ2n) is 3.33. The minimum absolute atomic E-state index is 0.433. The van der Waals surface area contributed by atoms with Crippen LogP contribution in [0.15, 0.2) is 24.3 Å². The molecule has 1 aromatic rings. The molecular formula is C11H15NO3. The van der Waals surface area contributed by atoms with Crippen molar-refractivity contribution in [2.75, 3.05) is 7.11 Å². The van der Waals surface area contributed by atoms with Gasteiger partial charge in [-0.1, -0.05) is 12.1 Å². The fraction of sp³-hybridized carbons (Fsp3) is 0.364. The molecule has 0 aliphatic heterocycles. The van der Waals surface area contributed by atoms with Crippen LogP contribution in [-0.4, -0.2) is 24.2 Å². The van der Waals surface area contributed by atoms with Crippen molar-refractivity contribution >= 4 is 5.97 Å². The fourth-order valence-corrected chi connectivity index (χ4v) is 1.27. The molecule has 15 heavy (non-hydrogen) atoms. The Morgan fingerprint density at radius 3 is 2.93 bits per heavy atom. The smallest absolute Gasteiger partial charge is 0.320 e. The van der Waals surface area contributed by atoms with Gasteiger partial charge in [0.2, 0.25) is 0 Å². The van der Waals surface area contributed by atoms with Crippen LogP contribution >= 0.6 is 0 Å². The Hall–Kier alpha value is -1.55. The van der Waals surface area contributed by atoms with Crippen LogP contribution in [0, 0.1) is 0 Å². The molecule has 3 N–H and O–H groups in total. The van der Waals surface area contributed by atoms with Crippen molar-refractivity contribution < 1.29 is 14.6 Å². The van der Waals surface area contributed by atoms with Gasteiger partial charge < -0.3 is 15.6 Å². The summed E-state index contributed by atoms with van der Waals surface area (Å²) in [5.74, 6) is -0.186. The first-order chi connectivity index (χ1) is 7.13. The van der Waals surface area contributed by atoms with E-state index >= 15 is 0 Å². The first kappa shape index (κ1) is 11.5. The molecule has 0 unspecified atom stereocenters. The van der Waals surface area contributed by atoms with Gasteiger partial charge in [-0.3, -0.25) is 4.79 Å². The number of rotatable bonds is 5. The largest absolute Gasteiger partial charge is 0.497 e. The van der Waals surface area contributed by atoms with E-state index < -0.39 is 12.0 Å². The lowest BCUT2D eigenvalue weighted by Crippen LogP contribution is -2.30. The molecule has 0 heterocycles. The molecule has 0 saturated carbocycles. The number of carboxylic acids is 1. The summed E-state index contributed by atoms with van der Waals surface area (Å²) in [5.41, 5.74) is 6.44. The lowest BCUT2D eigenvalue weighted by Gasteiger charge is -2.07. The van der Waals surface area contributed by atoms with Gasteiger partial charge in [-0.15, -0.1) is 0 Å². The molecule has 1 atom stereocenters. The Morgan fingerprint density at radius 2 is 2.33 bits per heavy atom. The highest BCUT2D eigenvalue weighted by Crippen LogP contribution is 2.14. The number of carbonyl (C=O) groups is 1. The van der Waals surface area contributed by atoms with Gasteiger partial charge in [0, 0.05) is 0 Å². The number of ether oxygens (including phenoxy) is 1. The molecule has 82 valence electrons. The van der Waals surface area contributed by atoms with E-state index in [1.807, 2.05) is 24.3 Å². The summed E-state index contributed by atoms with van der Waals surface area (Å²) in [6.07, 6.45) is 1.08. The van der Waals surface area contributed by atoms with Gasteiger partial charge in [0.25, 0.3) is 0 Å². The molecule has 0 fully saturated rings. The van der Waals surface area contributed by atoms with Crippen molar-refractivity contribution in [3.8, 4) is 5.75 Å². The SMILES string of the molecule is COc1cccc(CC[C@H](N)C(=O)O)c1. The van der Waals surface area contributed by atoms with Crippen molar-refractivity contribution in [3.05, 3.63) is 29.8 Å². The summed E-state index contributed by atoms with van der Waals surface area (Å²) >= 11 is 0. The van der Waals surface area contributed by atoms with Crippen molar-refractivity contribution in [2.24, 2.45) is 5.73 Å². The van der Waals surface area contributed by atoms with E-state index in [4.69, 9.17) is 15.6 Å². The third-order valence-electron chi connectivity index (χ3n) is 2.20. The third-order valence-corrected chi connectivity index (χ3v) is 2.20. The van der Waals surface area contributed by atoms with Crippen molar-refractivity contribution in [1.29, 1.82) is 0 Å². The van der Waals surface area contributed by atoms with Crippen LogP contribution < -0.4 is 10.5 Å². The van der Waals surface area contributed by atoms with E-state index in [0.717, 1.165) is 11.3 Å². The Morgan fingerprint density at radius 1 is 1.60 bits per heavy atom. The highest BCUT2D eigenvalue weighted by molar-refractivity contribution is 5.73. The van der Waals surface area contributed by atoms with Gasteiger partial charge in [0.1, 0.15) is 11.8 Å². The van der Waals surface area contributed by atoms with E-state index in [9.17, 15) is 4.79 Å². The number of aliphatic carboxylic acids is 1. The Kier molecular flexibility index (Phi) is 4.12. The maximum atomic E-state index is 10.5. The van der Waals surface area contributed by atoms with Crippen molar-refractivity contribution in [3.63, 3.8) is 0 Å². The van der Waals surface area contributed by atoms with Gasteiger partial charge in [0.15, 0.2) is 0 Å². The summed E-state index contributed by atoms with van der Waals surface area (Å²) in [6, 6.07) is 6.74. The predicted molar refractivity (Wildman–Crippen MR) is 56.9 cm³/mol. The monoisotopic (exact) mass is 209 g/mol. The summed E-state index contributed by atoms with van der Waals surface area (Å²) in [4.78, 5) is 10.5. The van der Waals surface area contributed by atoms with E-state index in [1.165, 1.54) is 0 Å². The Balaban J connectivity index is 2.53. The van der Waals surface area contributed by atoms with E-state index in [2.05, 4.69) is 0 Å². The molecule has 1 aromatic carbocycles. The molecular weight excluding hydrogens is 194 g/mol. The summed E-state index contributed by atoms with van der Waals surface area (Å²) in [6.45, 7) is 0. The molecule has 0 aliphatic rings. The van der Waals surface area contributed by atoms with Gasteiger partial charge in [-0.05, 0) is 30.5 Å². The minimum Gasteiger partial charge on any atom is -0.497 e. The summed E-state index contributed by atoms with van der Waals surface area (Å²) in [5, 5.41) is 8.61. The van der Waals surface area contributed by atoms with Crippen LogP contribution in [0.2, 0.25) is 0 Å². The maximum Gasteiger partial charge on any atom is 0.320 e. The number of carboxylic acid groups (broad SMARTS) is 1. The summed E-state index contributed by atoms with van der Waals surface area (Å²) < 4.78 is 5.06. The van der Waals surface area contributed by atoms with Crippen LogP contribution in [0.1, 0.15) is 12.0 Å². The van der Waals surface area contributed by atoms with E-state index in [-0.39, 0.29) is 0 Å². The molecule has 0 aromatic heterocycles. The normalized spacial score (nSPS) is 12.1. The lowest BCUT2D eigenvalue weighted by molar-refractivity contribution is -0.138. The van der Waals surface area contributed by atoms with Crippen LogP contribution in [0.5, 0.6) is 5.75 Å². The Labute approximate surface area is 88.7 Å². The van der Waals surface area contributed by atoms with Crippen molar-refractivity contribution in [2.45, 2.75) is 18.9 Å². The average Bonchev–Trinajstić information content (AvgIpc) is 2.26. The number of hydrogen-bond acceptors (Lipinski definition) is 3. The third kappa shape index (κ3) is 3.59. The first-order valence-corrected chi connectivity index (χ1v) is 4.75. The zero-order valence-electron chi connectivity index (χ0n) is 8.64. The highest BCUT2D eigenvalue weighted by atomic mass is 16.5. The van der Waals surface area contributed by atoms with E-state index in [1.54, 1.807) is 7.11 Å². The quantitative estimate of drug-likeness (QED) is 0.760. The molecule has 0 bridgehead atoms. The molecule has 0 spiro atoms. The molecule has 4 heteroatoms. The second kappa shape index (κ2) is 5.36. The van der Waals surface area contributed by atoms with Crippen LogP contribution in [0.3, 0.4) is 0 Å². The zero-order chi connectivity index (χ0) is 11.3. The van der Waals surface area contributed by atoms with Crippen LogP contribution in [-0.2, 0) is 11.2 Å². The molecule has 4 nitrogen and oxygen atoms in total. The first-order valence-electron chi connectivity index (χ1n) is 4.75. The number of hydrogen-bond donors (Lipinski definition) is 2.